The van der Waals surface area contributed by atoms with Crippen LogP contribution in [0, 0.1) is 5.92 Å². The van der Waals surface area contributed by atoms with E-state index in [9.17, 15) is 18.0 Å². The van der Waals surface area contributed by atoms with Crippen molar-refractivity contribution in [3.05, 3.63) is 34.9 Å². The summed E-state index contributed by atoms with van der Waals surface area (Å²) in [6.07, 6.45) is -3.82. The highest BCUT2D eigenvalue weighted by Crippen LogP contribution is 2.49. The van der Waals surface area contributed by atoms with Gasteiger partial charge in [-0.1, -0.05) is 29.8 Å². The highest BCUT2D eigenvalue weighted by atomic mass is 35.5. The first kappa shape index (κ1) is 13.2. The maximum Gasteiger partial charge on any atom is 0.405 e. The minimum Gasteiger partial charge on any atom is -0.347 e. The van der Waals surface area contributed by atoms with E-state index in [1.165, 1.54) is 0 Å². The number of alkyl halides is 3. The fourth-order valence-corrected chi connectivity index (χ4v) is 2.20. The Morgan fingerprint density at radius 2 is 2.06 bits per heavy atom. The first-order chi connectivity index (χ1) is 8.38. The van der Waals surface area contributed by atoms with Crippen molar-refractivity contribution in [3.8, 4) is 0 Å². The molecule has 1 fully saturated rings. The summed E-state index contributed by atoms with van der Waals surface area (Å²) in [6.45, 7) is -1.28. The van der Waals surface area contributed by atoms with Gasteiger partial charge in [0.15, 0.2) is 0 Å². The fraction of sp³-hybridized carbons (Fsp3) is 0.417. The van der Waals surface area contributed by atoms with Gasteiger partial charge in [-0.3, -0.25) is 4.79 Å². The number of hydrogen-bond donors (Lipinski definition) is 1. The molecule has 0 saturated heterocycles. The van der Waals surface area contributed by atoms with Crippen LogP contribution in [0.5, 0.6) is 0 Å². The van der Waals surface area contributed by atoms with E-state index in [0.717, 1.165) is 5.56 Å². The Labute approximate surface area is 107 Å². The van der Waals surface area contributed by atoms with Crippen molar-refractivity contribution in [2.24, 2.45) is 5.92 Å². The minimum absolute atomic E-state index is 0.0630. The summed E-state index contributed by atoms with van der Waals surface area (Å²) in [5.74, 6) is -1.02. The zero-order chi connectivity index (χ0) is 13.3. The largest absolute Gasteiger partial charge is 0.405 e. The van der Waals surface area contributed by atoms with Gasteiger partial charge in [0, 0.05) is 10.9 Å². The number of rotatable bonds is 3. The van der Waals surface area contributed by atoms with E-state index < -0.39 is 24.5 Å². The van der Waals surface area contributed by atoms with Crippen LogP contribution in [-0.4, -0.2) is 18.6 Å². The van der Waals surface area contributed by atoms with Crippen LogP contribution in [0.2, 0.25) is 5.02 Å². The molecule has 1 saturated carbocycles. The second kappa shape index (κ2) is 4.80. The van der Waals surface area contributed by atoms with E-state index in [1.807, 2.05) is 5.32 Å². The molecule has 1 aliphatic rings. The lowest BCUT2D eigenvalue weighted by atomic mass is 10.1. The summed E-state index contributed by atoms with van der Waals surface area (Å²) in [5, 5.41) is 2.45. The second-order valence-corrected chi connectivity index (χ2v) is 4.71. The van der Waals surface area contributed by atoms with Crippen molar-refractivity contribution in [2.75, 3.05) is 6.54 Å². The van der Waals surface area contributed by atoms with Crippen LogP contribution in [0.1, 0.15) is 17.9 Å². The van der Waals surface area contributed by atoms with Crippen LogP contribution >= 0.6 is 11.6 Å². The van der Waals surface area contributed by atoms with E-state index in [0.29, 0.717) is 11.4 Å². The zero-order valence-electron chi connectivity index (χ0n) is 9.30. The maximum absolute atomic E-state index is 11.9. The monoisotopic (exact) mass is 277 g/mol. The SMILES string of the molecule is O=C(NCC(F)(F)F)C1CC1c1ccccc1Cl. The van der Waals surface area contributed by atoms with Gasteiger partial charge >= 0.3 is 6.18 Å². The average molecular weight is 278 g/mol. The second-order valence-electron chi connectivity index (χ2n) is 4.30. The van der Waals surface area contributed by atoms with Gasteiger partial charge < -0.3 is 5.32 Å². The Morgan fingerprint density at radius 3 is 2.67 bits per heavy atom. The summed E-state index contributed by atoms with van der Waals surface area (Å²) in [4.78, 5) is 11.5. The molecule has 1 N–H and O–H groups in total. The maximum atomic E-state index is 11.9. The van der Waals surface area contributed by atoms with Gasteiger partial charge in [0.25, 0.3) is 0 Å². The molecule has 0 aromatic heterocycles. The van der Waals surface area contributed by atoms with E-state index in [2.05, 4.69) is 0 Å². The van der Waals surface area contributed by atoms with E-state index in [1.54, 1.807) is 24.3 Å². The van der Waals surface area contributed by atoms with Crippen LogP contribution in [0.25, 0.3) is 0 Å². The Balaban J connectivity index is 1.92. The topological polar surface area (TPSA) is 29.1 Å². The number of amides is 1. The lowest BCUT2D eigenvalue weighted by Crippen LogP contribution is -2.34. The molecule has 0 bridgehead atoms. The molecule has 1 aromatic rings. The number of halogens is 4. The van der Waals surface area contributed by atoms with E-state index in [4.69, 9.17) is 11.6 Å². The van der Waals surface area contributed by atoms with Crippen LogP contribution in [0.15, 0.2) is 24.3 Å². The molecule has 2 rings (SSSR count). The van der Waals surface area contributed by atoms with E-state index in [-0.39, 0.29) is 5.92 Å². The smallest absolute Gasteiger partial charge is 0.347 e. The van der Waals surface area contributed by atoms with E-state index >= 15 is 0 Å². The third-order valence-corrected chi connectivity index (χ3v) is 3.24. The van der Waals surface area contributed by atoms with Crippen LogP contribution in [-0.2, 0) is 4.79 Å². The van der Waals surface area contributed by atoms with Crippen molar-refractivity contribution < 1.29 is 18.0 Å². The fourth-order valence-electron chi connectivity index (χ4n) is 1.92. The Morgan fingerprint density at radius 1 is 1.39 bits per heavy atom. The van der Waals surface area contributed by atoms with Gasteiger partial charge in [0.05, 0.1) is 0 Å². The molecular weight excluding hydrogens is 267 g/mol. The van der Waals surface area contributed by atoms with Crippen molar-refractivity contribution >= 4 is 17.5 Å². The normalized spacial score (nSPS) is 22.7. The van der Waals surface area contributed by atoms with Crippen LogP contribution < -0.4 is 5.32 Å². The summed E-state index contributed by atoms with van der Waals surface area (Å²) in [7, 11) is 0. The molecule has 0 spiro atoms. The van der Waals surface area contributed by atoms with Gasteiger partial charge in [0.2, 0.25) is 5.91 Å². The molecule has 2 unspecified atom stereocenters. The summed E-state index contributed by atoms with van der Waals surface area (Å²) in [5.41, 5.74) is 0.825. The molecule has 6 heteroatoms. The highest BCUT2D eigenvalue weighted by Gasteiger charge is 2.45. The summed E-state index contributed by atoms with van der Waals surface area (Å²) < 4.78 is 35.8. The van der Waals surface area contributed by atoms with Gasteiger partial charge in [0.1, 0.15) is 6.54 Å². The first-order valence-corrected chi connectivity index (χ1v) is 5.85. The quantitative estimate of drug-likeness (QED) is 0.904. The first-order valence-electron chi connectivity index (χ1n) is 5.47. The lowest BCUT2D eigenvalue weighted by molar-refractivity contribution is -0.139. The predicted octanol–water partition coefficient (Wildman–Crippen LogP) is 3.12. The number of carbonyl (C=O) groups excluding carboxylic acids is 1. The predicted molar refractivity (Wildman–Crippen MR) is 61.4 cm³/mol. The molecule has 18 heavy (non-hydrogen) atoms. The third kappa shape index (κ3) is 3.16. The lowest BCUT2D eigenvalue weighted by Gasteiger charge is -2.08. The average Bonchev–Trinajstić information content (AvgIpc) is 3.05. The highest BCUT2D eigenvalue weighted by molar-refractivity contribution is 6.31. The molecule has 0 aliphatic heterocycles. The summed E-state index contributed by atoms with van der Waals surface area (Å²) >= 11 is 5.97. The van der Waals surface area contributed by atoms with Gasteiger partial charge in [-0.2, -0.15) is 13.2 Å². The number of carbonyl (C=O) groups is 1. The van der Waals surface area contributed by atoms with Crippen LogP contribution in [0.4, 0.5) is 13.2 Å². The Kier molecular flexibility index (Phi) is 3.52. The van der Waals surface area contributed by atoms with Crippen LogP contribution in [0.3, 0.4) is 0 Å². The van der Waals surface area contributed by atoms with Gasteiger partial charge in [-0.25, -0.2) is 0 Å². The zero-order valence-corrected chi connectivity index (χ0v) is 10.1. The summed E-state index contributed by atoms with van der Waals surface area (Å²) in [6, 6.07) is 7.07. The standard InChI is InChI=1S/C12H11ClF3NO/c13-10-4-2-1-3-7(10)8-5-9(8)11(18)17-6-12(14,15)16/h1-4,8-9H,5-6H2,(H,17,18). The molecule has 98 valence electrons. The minimum atomic E-state index is -4.37. The third-order valence-electron chi connectivity index (χ3n) is 2.89. The van der Waals surface area contributed by atoms with Gasteiger partial charge in [-0.15, -0.1) is 0 Å². The number of nitrogens with one attached hydrogen (secondary N) is 1. The molecule has 1 aliphatic carbocycles. The van der Waals surface area contributed by atoms with Gasteiger partial charge in [-0.05, 0) is 24.0 Å². The molecule has 2 atom stereocenters. The number of hydrogen-bond acceptors (Lipinski definition) is 1. The van der Waals surface area contributed by atoms with Crippen molar-refractivity contribution in [1.82, 2.24) is 5.32 Å². The molecule has 1 amide bonds. The molecule has 1 aromatic carbocycles. The Bertz CT molecular complexity index is 461. The van der Waals surface area contributed by atoms with Crippen molar-refractivity contribution in [2.45, 2.75) is 18.5 Å². The molecule has 0 radical (unpaired) electrons. The molecular formula is C12H11ClF3NO. The van der Waals surface area contributed by atoms with Crippen molar-refractivity contribution in [3.63, 3.8) is 0 Å². The number of benzene rings is 1. The van der Waals surface area contributed by atoms with Crippen molar-refractivity contribution in [1.29, 1.82) is 0 Å². The molecule has 0 heterocycles. The Hall–Kier alpha value is -1.23. The molecule has 2 nitrogen and oxygen atoms in total.